The van der Waals surface area contributed by atoms with Gasteiger partial charge in [0.05, 0.1) is 24.6 Å². The van der Waals surface area contributed by atoms with E-state index in [2.05, 4.69) is 10.6 Å². The summed E-state index contributed by atoms with van der Waals surface area (Å²) >= 11 is 0. The van der Waals surface area contributed by atoms with Crippen LogP contribution in [-0.2, 0) is 51.8 Å². The average Bonchev–Trinajstić information content (AvgIpc) is 3.52. The van der Waals surface area contributed by atoms with Crippen LogP contribution in [0.1, 0.15) is 13.8 Å². The van der Waals surface area contributed by atoms with Crippen molar-refractivity contribution in [3.05, 3.63) is 84.7 Å². The van der Waals surface area contributed by atoms with Crippen molar-refractivity contribution >= 4 is 53.4 Å². The predicted molar refractivity (Wildman–Crippen MR) is 177 cm³/mol. The highest BCUT2D eigenvalue weighted by Crippen LogP contribution is 2.22. The summed E-state index contributed by atoms with van der Waals surface area (Å²) in [5, 5.41) is 7.11. The van der Waals surface area contributed by atoms with Gasteiger partial charge < -0.3 is 18.6 Å². The van der Waals surface area contributed by atoms with E-state index >= 15 is 0 Å². The number of ether oxygens (including phenoxy) is 2. The number of carbonyl (C=O) groups excluding carboxylic acids is 2. The molecule has 4 rings (SSSR count). The molecule has 0 bridgehead atoms. The fourth-order valence-corrected chi connectivity index (χ4v) is 6.11. The number of rotatable bonds is 16. The second kappa shape index (κ2) is 14.6. The zero-order chi connectivity index (χ0) is 35.3. The van der Waals surface area contributed by atoms with Crippen molar-refractivity contribution in [1.82, 2.24) is 19.8 Å². The molecule has 0 saturated carbocycles. The Morgan fingerprint density at radius 3 is 1.44 bits per heavy atom. The average molecular weight is 709 g/mol. The normalized spacial score (nSPS) is 15.0. The molecule has 0 fully saturated rings. The number of halogens is 2. The first-order valence-corrected chi connectivity index (χ1v) is 18.9. The van der Waals surface area contributed by atoms with Gasteiger partial charge in [-0.05, 0) is 62.4 Å². The fourth-order valence-electron chi connectivity index (χ4n) is 5.17. The quantitative estimate of drug-likeness (QED) is 0.101. The zero-order valence-electron chi connectivity index (χ0n) is 26.9. The molecule has 260 valence electrons. The number of fused-ring (bicyclic) bond motifs is 2. The number of nitrogens with one attached hydrogen (secondary N) is 2. The number of sulfone groups is 2. The third-order valence-corrected chi connectivity index (χ3v) is 9.25. The lowest BCUT2D eigenvalue weighted by molar-refractivity contribution is -0.159. The number of hydrogen-bond acceptors (Lipinski definition) is 10. The summed E-state index contributed by atoms with van der Waals surface area (Å²) in [6.07, 6.45) is 7.19. The molecule has 0 saturated heterocycles. The van der Waals surface area contributed by atoms with Gasteiger partial charge in [0, 0.05) is 72.0 Å². The number of hydrogen-bond donors (Lipinski definition) is 2. The van der Waals surface area contributed by atoms with Gasteiger partial charge in [0.25, 0.3) is 0 Å². The molecular formula is C32H38F2N4O8S2. The van der Waals surface area contributed by atoms with Crippen LogP contribution in [0, 0.1) is 11.6 Å². The topological polar surface area (TPSA) is 155 Å². The van der Waals surface area contributed by atoms with Crippen LogP contribution in [0.3, 0.4) is 0 Å². The van der Waals surface area contributed by atoms with Crippen LogP contribution in [0.25, 0.3) is 21.8 Å². The van der Waals surface area contributed by atoms with Crippen LogP contribution in [0.15, 0.2) is 73.1 Å². The van der Waals surface area contributed by atoms with Crippen LogP contribution >= 0.6 is 0 Å². The van der Waals surface area contributed by atoms with Gasteiger partial charge in [0.1, 0.15) is 31.3 Å². The minimum Gasteiger partial charge on any atom is -0.439 e. The van der Waals surface area contributed by atoms with Gasteiger partial charge in [-0.2, -0.15) is 0 Å². The lowest BCUT2D eigenvalue weighted by atomic mass is 10.2. The molecule has 4 aromatic rings. The largest absolute Gasteiger partial charge is 0.439 e. The maximum absolute atomic E-state index is 13.7. The first-order valence-electron chi connectivity index (χ1n) is 14.8. The third kappa shape index (κ3) is 10.7. The number of esters is 2. The van der Waals surface area contributed by atoms with Crippen molar-refractivity contribution in [3.63, 3.8) is 0 Å². The van der Waals surface area contributed by atoms with E-state index in [-0.39, 0.29) is 37.7 Å². The summed E-state index contributed by atoms with van der Waals surface area (Å²) < 4.78 is 89.2. The summed E-state index contributed by atoms with van der Waals surface area (Å²) in [6, 6.07) is 11.8. The number of nitrogens with zero attached hydrogens (tertiary/aromatic N) is 2. The van der Waals surface area contributed by atoms with Crippen LogP contribution in [0.5, 0.6) is 0 Å². The van der Waals surface area contributed by atoms with E-state index in [4.69, 9.17) is 9.47 Å². The molecule has 2 heterocycles. The van der Waals surface area contributed by atoms with Crippen molar-refractivity contribution in [2.45, 2.75) is 38.4 Å². The molecule has 2 unspecified atom stereocenters. The van der Waals surface area contributed by atoms with Gasteiger partial charge >= 0.3 is 11.9 Å². The molecule has 16 heteroatoms. The van der Waals surface area contributed by atoms with Gasteiger partial charge in [0.2, 0.25) is 0 Å². The monoisotopic (exact) mass is 708 g/mol. The van der Waals surface area contributed by atoms with Crippen molar-refractivity contribution in [2.24, 2.45) is 0 Å². The highest BCUT2D eigenvalue weighted by atomic mass is 32.2. The molecule has 2 N–H and O–H groups in total. The fraction of sp³-hybridized carbons (Fsp3) is 0.375. The van der Waals surface area contributed by atoms with Crippen molar-refractivity contribution in [2.75, 3.05) is 37.1 Å². The molecule has 0 amide bonds. The number of aromatic nitrogens is 2. The first-order chi connectivity index (χ1) is 22.3. The Morgan fingerprint density at radius 2 is 1.08 bits per heavy atom. The SMILES string of the molecule is CC(Cn1ccc2cc(F)ccc21)(NCCS(C)(=O)=O)OC(=O)/C=C/C(=O)OC(C)(Cn1ccc2cc(F)ccc21)NCCS(C)(=O)=O. The summed E-state index contributed by atoms with van der Waals surface area (Å²) in [4.78, 5) is 26.0. The summed E-state index contributed by atoms with van der Waals surface area (Å²) in [6.45, 7) is 2.97. The molecule has 0 aliphatic carbocycles. The lowest BCUT2D eigenvalue weighted by Crippen LogP contribution is -2.51. The second-order valence-electron chi connectivity index (χ2n) is 12.0. The second-order valence-corrected chi connectivity index (χ2v) is 16.6. The molecule has 0 radical (unpaired) electrons. The number of benzene rings is 2. The molecule has 0 spiro atoms. The van der Waals surface area contributed by atoms with E-state index in [9.17, 15) is 35.2 Å². The van der Waals surface area contributed by atoms with Crippen molar-refractivity contribution in [1.29, 1.82) is 0 Å². The first kappa shape index (κ1) is 36.7. The Labute approximate surface area is 277 Å². The van der Waals surface area contributed by atoms with Crippen molar-refractivity contribution < 1.29 is 44.7 Å². The Hall–Kier alpha value is -4.12. The Kier molecular flexibility index (Phi) is 11.1. The molecular weight excluding hydrogens is 671 g/mol. The van der Waals surface area contributed by atoms with E-state index in [1.54, 1.807) is 45.8 Å². The minimum atomic E-state index is -3.35. The summed E-state index contributed by atoms with van der Waals surface area (Å²) in [5.74, 6) is -3.22. The smallest absolute Gasteiger partial charge is 0.332 e. The number of carbonyl (C=O) groups is 2. The van der Waals surface area contributed by atoms with E-state index in [0.717, 1.165) is 24.7 Å². The molecule has 0 aliphatic heterocycles. The zero-order valence-corrected chi connectivity index (χ0v) is 28.5. The lowest BCUT2D eigenvalue weighted by Gasteiger charge is -2.31. The minimum absolute atomic E-state index is 0.00692. The standard InChI is InChI=1S/C32H38F2N4O8S2/c1-31(35-13-17-47(3,41)42,21-37-15-11-23-19-25(33)5-7-27(23)37)45-29(39)9-10-30(40)46-32(2,36-14-18-48(4,43)44)22-38-16-12-24-20-26(34)6-8-28(24)38/h5-12,15-16,19-20,35-36H,13-14,17-18,21-22H2,1-4H3/b10-9+. The summed E-state index contributed by atoms with van der Waals surface area (Å²) in [7, 11) is -6.70. The molecule has 2 aromatic heterocycles. The Bertz CT molecular complexity index is 1910. The maximum atomic E-state index is 13.7. The van der Waals surface area contributed by atoms with Crippen LogP contribution in [0.4, 0.5) is 8.78 Å². The molecule has 2 aromatic carbocycles. The van der Waals surface area contributed by atoms with E-state index in [1.807, 2.05) is 0 Å². The molecule has 2 atom stereocenters. The highest BCUT2D eigenvalue weighted by molar-refractivity contribution is 7.90. The van der Waals surface area contributed by atoms with E-state index in [1.165, 1.54) is 38.1 Å². The molecule has 0 aliphatic rings. The third-order valence-electron chi connectivity index (χ3n) is 7.36. The molecule has 12 nitrogen and oxygen atoms in total. The molecule has 48 heavy (non-hydrogen) atoms. The van der Waals surface area contributed by atoms with Gasteiger partial charge in [-0.25, -0.2) is 35.2 Å². The van der Waals surface area contributed by atoms with Crippen LogP contribution < -0.4 is 10.6 Å². The summed E-state index contributed by atoms with van der Waals surface area (Å²) in [5.41, 5.74) is -1.64. The van der Waals surface area contributed by atoms with E-state index in [0.29, 0.717) is 21.8 Å². The maximum Gasteiger partial charge on any atom is 0.332 e. The van der Waals surface area contributed by atoms with Crippen LogP contribution in [0.2, 0.25) is 0 Å². The van der Waals surface area contributed by atoms with Gasteiger partial charge in [0.15, 0.2) is 11.4 Å². The van der Waals surface area contributed by atoms with Gasteiger partial charge in [-0.15, -0.1) is 0 Å². The van der Waals surface area contributed by atoms with Crippen LogP contribution in [-0.4, -0.2) is 86.5 Å². The predicted octanol–water partition coefficient (Wildman–Crippen LogP) is 2.92. The van der Waals surface area contributed by atoms with E-state index < -0.39 is 54.7 Å². The Morgan fingerprint density at radius 1 is 0.708 bits per heavy atom. The highest BCUT2D eigenvalue weighted by Gasteiger charge is 2.31. The Balaban J connectivity index is 1.49. The van der Waals surface area contributed by atoms with Crippen molar-refractivity contribution in [3.8, 4) is 0 Å². The van der Waals surface area contributed by atoms with Gasteiger partial charge in [-0.1, -0.05) is 0 Å². The van der Waals surface area contributed by atoms with Gasteiger partial charge in [-0.3, -0.25) is 10.6 Å².